The maximum atomic E-state index is 13.6. The molecule has 6 nitrogen and oxygen atoms in total. The molecule has 0 aliphatic heterocycles. The molecular weight excluding hydrogens is 552 g/mol. The van der Waals surface area contributed by atoms with Crippen LogP contribution in [0.4, 0.5) is 14.5 Å². The van der Waals surface area contributed by atoms with Gasteiger partial charge in [0.1, 0.15) is 11.3 Å². The summed E-state index contributed by atoms with van der Waals surface area (Å²) >= 11 is 14.6. The molecular formula is C23H15BrClF2N3O3S. The summed E-state index contributed by atoms with van der Waals surface area (Å²) in [6.45, 7) is 2.37. The van der Waals surface area contributed by atoms with Crippen LogP contribution in [0.2, 0.25) is 5.02 Å². The zero-order chi connectivity index (χ0) is 24.4. The van der Waals surface area contributed by atoms with E-state index in [1.54, 1.807) is 36.4 Å². The van der Waals surface area contributed by atoms with E-state index in [0.717, 1.165) is 12.1 Å². The van der Waals surface area contributed by atoms with Gasteiger partial charge in [-0.2, -0.15) is 0 Å². The van der Waals surface area contributed by atoms with E-state index in [0.29, 0.717) is 39.2 Å². The predicted molar refractivity (Wildman–Crippen MR) is 133 cm³/mol. The number of amides is 1. The van der Waals surface area contributed by atoms with E-state index in [1.165, 1.54) is 0 Å². The third kappa shape index (κ3) is 5.19. The Labute approximate surface area is 211 Å². The van der Waals surface area contributed by atoms with Gasteiger partial charge in [0.15, 0.2) is 22.3 Å². The number of nitrogens with zero attached hydrogens (tertiary/aromatic N) is 1. The first-order chi connectivity index (χ1) is 16.2. The highest BCUT2D eigenvalue weighted by atomic mass is 79.9. The van der Waals surface area contributed by atoms with Gasteiger partial charge in [0, 0.05) is 11.3 Å². The molecule has 4 aromatic rings. The van der Waals surface area contributed by atoms with Crippen molar-refractivity contribution in [3.63, 3.8) is 0 Å². The fraction of sp³-hybridized carbons (Fsp3) is 0.0870. The van der Waals surface area contributed by atoms with Crippen LogP contribution in [0.5, 0.6) is 5.75 Å². The van der Waals surface area contributed by atoms with Crippen LogP contribution in [-0.2, 0) is 0 Å². The summed E-state index contributed by atoms with van der Waals surface area (Å²) in [4.78, 5) is 16.8. The minimum Gasteiger partial charge on any atom is -0.493 e. The van der Waals surface area contributed by atoms with Crippen molar-refractivity contribution in [2.75, 3.05) is 11.9 Å². The van der Waals surface area contributed by atoms with E-state index in [4.69, 9.17) is 33.0 Å². The summed E-state index contributed by atoms with van der Waals surface area (Å²) in [6.07, 6.45) is 0. The second kappa shape index (κ2) is 10.0. The molecule has 1 heterocycles. The topological polar surface area (TPSA) is 76.4 Å². The smallest absolute Gasteiger partial charge is 0.257 e. The van der Waals surface area contributed by atoms with Crippen molar-refractivity contribution in [2.45, 2.75) is 6.92 Å². The lowest BCUT2D eigenvalue weighted by Crippen LogP contribution is -2.34. The second-order valence-corrected chi connectivity index (χ2v) is 8.60. The molecule has 0 spiro atoms. The molecule has 34 heavy (non-hydrogen) atoms. The monoisotopic (exact) mass is 565 g/mol. The Bertz CT molecular complexity index is 1430. The summed E-state index contributed by atoms with van der Waals surface area (Å²) < 4.78 is 38.7. The van der Waals surface area contributed by atoms with E-state index >= 15 is 0 Å². The van der Waals surface area contributed by atoms with E-state index < -0.39 is 17.5 Å². The Balaban J connectivity index is 1.48. The largest absolute Gasteiger partial charge is 0.493 e. The summed E-state index contributed by atoms with van der Waals surface area (Å²) in [5, 5.41) is 5.54. The number of aromatic nitrogens is 1. The SMILES string of the molecule is CCOc1ccc(C(=O)NC(=S)Nc2ccc3oc(-c4cc(F)c(F)cc4Cl)nc3c2)cc1Br. The number of anilines is 1. The lowest BCUT2D eigenvalue weighted by molar-refractivity contribution is 0.0977. The van der Waals surface area contributed by atoms with Crippen LogP contribution in [0.3, 0.4) is 0 Å². The minimum atomic E-state index is -1.07. The van der Waals surface area contributed by atoms with Crippen molar-refractivity contribution in [3.8, 4) is 17.2 Å². The number of carbonyl (C=O) groups is 1. The molecule has 1 aromatic heterocycles. The first-order valence-electron chi connectivity index (χ1n) is 9.85. The highest BCUT2D eigenvalue weighted by Gasteiger charge is 2.16. The highest BCUT2D eigenvalue weighted by molar-refractivity contribution is 9.10. The molecule has 0 aliphatic rings. The van der Waals surface area contributed by atoms with Crippen LogP contribution in [0.15, 0.2) is 57.4 Å². The molecule has 0 saturated carbocycles. The molecule has 1 amide bonds. The van der Waals surface area contributed by atoms with Gasteiger partial charge in [-0.15, -0.1) is 0 Å². The van der Waals surface area contributed by atoms with Gasteiger partial charge in [-0.3, -0.25) is 10.1 Å². The number of hydrogen-bond donors (Lipinski definition) is 2. The Kier molecular flexibility index (Phi) is 7.11. The molecule has 2 N–H and O–H groups in total. The third-order valence-electron chi connectivity index (χ3n) is 4.61. The normalized spacial score (nSPS) is 10.9. The number of hydrogen-bond acceptors (Lipinski definition) is 5. The van der Waals surface area contributed by atoms with E-state index in [9.17, 15) is 13.6 Å². The third-order valence-corrected chi connectivity index (χ3v) is 5.74. The standard InChI is InChI=1S/C23H15BrClF2N3O3S/c1-2-32-19-5-3-11(7-14(19)24)21(31)30-23(34)28-12-4-6-20-18(8-12)29-22(33-20)13-9-16(26)17(27)10-15(13)25/h3-10H,2H2,1H3,(H2,28,30,31,34). The number of carbonyl (C=O) groups excluding carboxylic acids is 1. The van der Waals surface area contributed by atoms with Crippen LogP contribution < -0.4 is 15.4 Å². The number of nitrogens with one attached hydrogen (secondary N) is 2. The summed E-state index contributed by atoms with van der Waals surface area (Å²) in [5.41, 5.74) is 1.86. The highest BCUT2D eigenvalue weighted by Crippen LogP contribution is 2.32. The number of halogens is 4. The van der Waals surface area contributed by atoms with Crippen molar-refractivity contribution in [3.05, 3.63) is 75.2 Å². The van der Waals surface area contributed by atoms with Gasteiger partial charge in [0.25, 0.3) is 5.91 Å². The number of ether oxygens (including phenoxy) is 1. The predicted octanol–water partition coefficient (Wildman–Crippen LogP) is 6.71. The van der Waals surface area contributed by atoms with E-state index in [2.05, 4.69) is 31.5 Å². The van der Waals surface area contributed by atoms with Crippen LogP contribution in [0.1, 0.15) is 17.3 Å². The molecule has 0 aliphatic carbocycles. The Morgan fingerprint density at radius 2 is 1.94 bits per heavy atom. The van der Waals surface area contributed by atoms with Crippen molar-refractivity contribution in [1.82, 2.24) is 10.3 Å². The molecule has 0 saturated heterocycles. The zero-order valence-electron chi connectivity index (χ0n) is 17.4. The number of thiocarbonyl (C=S) groups is 1. The van der Waals surface area contributed by atoms with E-state index in [-0.39, 0.29) is 21.6 Å². The fourth-order valence-electron chi connectivity index (χ4n) is 3.06. The van der Waals surface area contributed by atoms with Crippen molar-refractivity contribution >= 4 is 67.6 Å². The van der Waals surface area contributed by atoms with Gasteiger partial charge in [-0.05, 0) is 83.6 Å². The van der Waals surface area contributed by atoms with Gasteiger partial charge in [-0.1, -0.05) is 11.6 Å². The van der Waals surface area contributed by atoms with Gasteiger partial charge >= 0.3 is 0 Å². The summed E-state index contributed by atoms with van der Waals surface area (Å²) in [7, 11) is 0. The van der Waals surface area contributed by atoms with Gasteiger partial charge < -0.3 is 14.5 Å². The van der Waals surface area contributed by atoms with Crippen molar-refractivity contribution in [2.24, 2.45) is 0 Å². The molecule has 0 fully saturated rings. The lowest BCUT2D eigenvalue weighted by atomic mass is 10.2. The number of fused-ring (bicyclic) bond motifs is 1. The van der Waals surface area contributed by atoms with Gasteiger partial charge in [0.2, 0.25) is 5.89 Å². The Morgan fingerprint density at radius 1 is 1.18 bits per heavy atom. The molecule has 4 rings (SSSR count). The van der Waals surface area contributed by atoms with Crippen molar-refractivity contribution < 1.29 is 22.7 Å². The Morgan fingerprint density at radius 3 is 2.68 bits per heavy atom. The zero-order valence-corrected chi connectivity index (χ0v) is 20.6. The quantitative estimate of drug-likeness (QED) is 0.206. The van der Waals surface area contributed by atoms with Crippen LogP contribution >= 0.6 is 39.7 Å². The minimum absolute atomic E-state index is 0.0337. The molecule has 0 atom stereocenters. The first-order valence-corrected chi connectivity index (χ1v) is 11.4. The van der Waals surface area contributed by atoms with Crippen LogP contribution in [0, 0.1) is 11.6 Å². The molecule has 0 radical (unpaired) electrons. The van der Waals surface area contributed by atoms with Gasteiger partial charge in [0.05, 0.1) is 21.7 Å². The average Bonchev–Trinajstić information content (AvgIpc) is 3.20. The molecule has 11 heteroatoms. The summed E-state index contributed by atoms with van der Waals surface area (Å²) in [6, 6.07) is 11.6. The molecule has 174 valence electrons. The maximum absolute atomic E-state index is 13.6. The molecule has 0 unspecified atom stereocenters. The van der Waals surface area contributed by atoms with Crippen molar-refractivity contribution in [1.29, 1.82) is 0 Å². The van der Waals surface area contributed by atoms with Crippen LogP contribution in [0.25, 0.3) is 22.6 Å². The molecule has 0 bridgehead atoms. The Hall–Kier alpha value is -3.08. The maximum Gasteiger partial charge on any atom is 0.257 e. The number of rotatable bonds is 5. The summed E-state index contributed by atoms with van der Waals surface area (Å²) in [5.74, 6) is -1.87. The second-order valence-electron chi connectivity index (χ2n) is 6.93. The molecule has 3 aromatic carbocycles. The van der Waals surface area contributed by atoms with Crippen LogP contribution in [-0.4, -0.2) is 22.6 Å². The van der Waals surface area contributed by atoms with Gasteiger partial charge in [-0.25, -0.2) is 13.8 Å². The fourth-order valence-corrected chi connectivity index (χ4v) is 3.99. The van der Waals surface area contributed by atoms with E-state index in [1.807, 2.05) is 6.92 Å². The number of benzene rings is 3. The average molecular weight is 567 g/mol. The first kappa shape index (κ1) is 24.1. The lowest BCUT2D eigenvalue weighted by Gasteiger charge is -2.11. The number of oxazole rings is 1.